The first-order chi connectivity index (χ1) is 18.9. The number of rotatable bonds is 7. The Morgan fingerprint density at radius 2 is 1.97 bits per heavy atom. The second-order valence-corrected chi connectivity index (χ2v) is 12.6. The number of anilines is 1. The lowest BCUT2D eigenvalue weighted by molar-refractivity contribution is -0.135. The predicted molar refractivity (Wildman–Crippen MR) is 152 cm³/mol. The Bertz CT molecular complexity index is 1490. The molecule has 2 aliphatic rings. The Hall–Kier alpha value is -2.77. The van der Waals surface area contributed by atoms with Gasteiger partial charge in [-0.3, -0.25) is 4.79 Å². The van der Waals surface area contributed by atoms with E-state index in [2.05, 4.69) is 41.0 Å². The molecule has 1 saturated heterocycles. The number of fused-ring (bicyclic) bond motifs is 3. The van der Waals surface area contributed by atoms with Crippen molar-refractivity contribution in [2.45, 2.75) is 25.9 Å². The van der Waals surface area contributed by atoms with E-state index in [4.69, 9.17) is 31.2 Å². The molecule has 1 atom stereocenters. The number of morpholine rings is 1. The van der Waals surface area contributed by atoms with E-state index in [1.54, 1.807) is 28.7 Å². The molecule has 1 amide bonds. The maximum Gasteiger partial charge on any atom is 0.261 e. The van der Waals surface area contributed by atoms with E-state index in [0.29, 0.717) is 31.9 Å². The topological polar surface area (TPSA) is 88.3 Å². The van der Waals surface area contributed by atoms with Crippen molar-refractivity contribution in [3.8, 4) is 5.75 Å². The molecule has 4 aromatic rings. The molecular formula is C26H30ClN7O3S2. The third kappa shape index (κ3) is 5.36. The summed E-state index contributed by atoms with van der Waals surface area (Å²) in [6.07, 6.45) is 0.666. The maximum atomic E-state index is 13.7. The van der Waals surface area contributed by atoms with Crippen LogP contribution in [0.15, 0.2) is 24.3 Å². The lowest BCUT2D eigenvalue weighted by Crippen LogP contribution is -2.43. The van der Waals surface area contributed by atoms with Crippen LogP contribution in [-0.2, 0) is 22.5 Å². The van der Waals surface area contributed by atoms with Gasteiger partial charge in [-0.1, -0.05) is 22.9 Å². The number of halogens is 1. The van der Waals surface area contributed by atoms with Gasteiger partial charge in [0, 0.05) is 42.4 Å². The smallest absolute Gasteiger partial charge is 0.261 e. The van der Waals surface area contributed by atoms with Crippen LogP contribution in [-0.4, -0.2) is 88.8 Å². The number of aryl methyl sites for hydroxylation is 1. The average molecular weight is 588 g/mol. The number of thiophene rings is 1. The number of hydrogen-bond acceptors (Lipinski definition) is 10. The molecule has 13 heteroatoms. The van der Waals surface area contributed by atoms with Crippen molar-refractivity contribution in [1.82, 2.24) is 29.4 Å². The van der Waals surface area contributed by atoms with Crippen LogP contribution in [0.4, 0.5) is 5.82 Å². The van der Waals surface area contributed by atoms with E-state index >= 15 is 0 Å². The lowest BCUT2D eigenvalue weighted by Gasteiger charge is -2.34. The van der Waals surface area contributed by atoms with E-state index < -0.39 is 0 Å². The van der Waals surface area contributed by atoms with Crippen molar-refractivity contribution in [1.29, 1.82) is 0 Å². The van der Waals surface area contributed by atoms with Crippen LogP contribution < -0.4 is 9.64 Å². The SMILES string of the molecule is Cc1nn2c3c(nc2s1)CCN(C(=O)COc1ccc(N2CCOCC2)nc1Cl)C3c1ccc(CN(C)C)s1. The van der Waals surface area contributed by atoms with Gasteiger partial charge in [0.2, 0.25) is 4.96 Å². The second kappa shape index (κ2) is 11.0. The van der Waals surface area contributed by atoms with Crippen molar-refractivity contribution in [3.63, 3.8) is 0 Å². The molecule has 6 heterocycles. The number of aromatic nitrogens is 4. The summed E-state index contributed by atoms with van der Waals surface area (Å²) in [5, 5.41) is 5.91. The van der Waals surface area contributed by atoms with E-state index in [1.165, 1.54) is 4.88 Å². The van der Waals surface area contributed by atoms with Gasteiger partial charge in [-0.2, -0.15) is 5.10 Å². The molecule has 4 aromatic heterocycles. The summed E-state index contributed by atoms with van der Waals surface area (Å²) in [6.45, 7) is 6.07. The van der Waals surface area contributed by atoms with Crippen LogP contribution in [0.2, 0.25) is 5.15 Å². The zero-order valence-electron chi connectivity index (χ0n) is 22.1. The molecule has 2 aliphatic heterocycles. The number of amides is 1. The van der Waals surface area contributed by atoms with Gasteiger partial charge in [-0.15, -0.1) is 11.3 Å². The summed E-state index contributed by atoms with van der Waals surface area (Å²) in [5.74, 6) is 1.05. The summed E-state index contributed by atoms with van der Waals surface area (Å²) < 4.78 is 13.3. The number of nitrogens with zero attached hydrogens (tertiary/aromatic N) is 7. The minimum atomic E-state index is -0.292. The van der Waals surface area contributed by atoms with Gasteiger partial charge in [0.15, 0.2) is 17.5 Å². The Labute approximate surface area is 239 Å². The molecule has 0 saturated carbocycles. The Morgan fingerprint density at radius 1 is 1.15 bits per heavy atom. The first-order valence-corrected chi connectivity index (χ1v) is 14.9. The number of carbonyl (C=O) groups is 1. The molecule has 0 bridgehead atoms. The van der Waals surface area contributed by atoms with Crippen molar-refractivity contribution >= 4 is 51.0 Å². The third-order valence-electron chi connectivity index (χ3n) is 6.81. The Kier molecular flexibility index (Phi) is 7.47. The molecule has 0 aromatic carbocycles. The second-order valence-electron chi connectivity index (χ2n) is 9.89. The number of pyridine rings is 1. The molecule has 39 heavy (non-hydrogen) atoms. The van der Waals surface area contributed by atoms with E-state index in [0.717, 1.165) is 51.7 Å². The maximum absolute atomic E-state index is 13.7. The fourth-order valence-corrected chi connectivity index (χ4v) is 7.29. The first-order valence-electron chi connectivity index (χ1n) is 12.9. The number of imidazole rings is 1. The lowest BCUT2D eigenvalue weighted by atomic mass is 10.0. The predicted octanol–water partition coefficient (Wildman–Crippen LogP) is 3.66. The fourth-order valence-electron chi connectivity index (χ4n) is 5.07. The summed E-state index contributed by atoms with van der Waals surface area (Å²) in [6, 6.07) is 7.62. The van der Waals surface area contributed by atoms with Crippen LogP contribution in [0.5, 0.6) is 5.75 Å². The van der Waals surface area contributed by atoms with Gasteiger partial charge < -0.3 is 24.2 Å². The molecule has 1 fully saturated rings. The molecule has 0 radical (unpaired) electrons. The van der Waals surface area contributed by atoms with Crippen molar-refractivity contribution in [2.24, 2.45) is 0 Å². The number of ether oxygens (including phenoxy) is 2. The number of carbonyl (C=O) groups excluding carboxylic acids is 1. The van der Waals surface area contributed by atoms with E-state index in [1.807, 2.05) is 22.4 Å². The van der Waals surface area contributed by atoms with Crippen LogP contribution in [0.3, 0.4) is 0 Å². The molecule has 0 aliphatic carbocycles. The summed E-state index contributed by atoms with van der Waals surface area (Å²) >= 11 is 9.75. The van der Waals surface area contributed by atoms with Crippen molar-refractivity contribution < 1.29 is 14.3 Å². The van der Waals surface area contributed by atoms with Crippen LogP contribution in [0.1, 0.15) is 32.2 Å². The van der Waals surface area contributed by atoms with Crippen molar-refractivity contribution in [3.05, 3.63) is 55.6 Å². The normalized spacial score (nSPS) is 17.7. The van der Waals surface area contributed by atoms with E-state index in [-0.39, 0.29) is 23.7 Å². The largest absolute Gasteiger partial charge is 0.481 e. The molecule has 10 nitrogen and oxygen atoms in total. The fraction of sp³-hybridized carbons (Fsp3) is 0.462. The minimum absolute atomic E-state index is 0.122. The van der Waals surface area contributed by atoms with Gasteiger partial charge in [0.05, 0.1) is 24.6 Å². The van der Waals surface area contributed by atoms with Crippen molar-refractivity contribution in [2.75, 3.05) is 58.5 Å². The van der Waals surface area contributed by atoms with Gasteiger partial charge in [-0.25, -0.2) is 14.5 Å². The summed E-state index contributed by atoms with van der Waals surface area (Å²) in [5.41, 5.74) is 1.96. The van der Waals surface area contributed by atoms with Gasteiger partial charge >= 0.3 is 0 Å². The highest BCUT2D eigenvalue weighted by Gasteiger charge is 2.37. The molecule has 6 rings (SSSR count). The standard InChI is InChI=1S/C26H30ClN7O3S2/c1-16-30-34-23-18(28-26(34)38-16)8-9-33(24(23)20-6-4-17(39-20)14-31(2)3)22(35)15-37-19-5-7-21(29-25(19)27)32-10-12-36-13-11-32/h4-7,24H,8-15H2,1-3H3. The molecule has 206 valence electrons. The summed E-state index contributed by atoms with van der Waals surface area (Å²) in [4.78, 5) is 32.4. The zero-order valence-corrected chi connectivity index (χ0v) is 24.5. The highest BCUT2D eigenvalue weighted by molar-refractivity contribution is 7.16. The Balaban J connectivity index is 1.25. The Morgan fingerprint density at radius 3 is 2.74 bits per heavy atom. The monoisotopic (exact) mass is 587 g/mol. The molecular weight excluding hydrogens is 558 g/mol. The van der Waals surface area contributed by atoms with Gasteiger partial charge in [-0.05, 0) is 45.3 Å². The highest BCUT2D eigenvalue weighted by atomic mass is 35.5. The highest BCUT2D eigenvalue weighted by Crippen LogP contribution is 2.39. The zero-order chi connectivity index (χ0) is 27.1. The van der Waals surface area contributed by atoms with Crippen LogP contribution >= 0.6 is 34.3 Å². The molecule has 0 spiro atoms. The average Bonchev–Trinajstić information content (AvgIpc) is 3.61. The van der Waals surface area contributed by atoms with E-state index in [9.17, 15) is 4.79 Å². The first kappa shape index (κ1) is 26.5. The van der Waals surface area contributed by atoms with Crippen LogP contribution in [0, 0.1) is 6.92 Å². The summed E-state index contributed by atoms with van der Waals surface area (Å²) in [7, 11) is 4.11. The van der Waals surface area contributed by atoms with Crippen LogP contribution in [0.25, 0.3) is 4.96 Å². The quantitative estimate of drug-likeness (QED) is 0.303. The minimum Gasteiger partial charge on any atom is -0.481 e. The van der Waals surface area contributed by atoms with Gasteiger partial charge in [0.25, 0.3) is 5.91 Å². The molecule has 1 unspecified atom stereocenters. The third-order valence-corrected chi connectivity index (χ3v) is 9.02. The van der Waals surface area contributed by atoms with Gasteiger partial charge in [0.1, 0.15) is 16.9 Å². The number of hydrogen-bond donors (Lipinski definition) is 0. The molecule has 0 N–H and O–H groups in total.